The van der Waals surface area contributed by atoms with Crippen molar-refractivity contribution in [1.82, 2.24) is 9.78 Å². The number of benzene rings is 1. The first-order valence-electron chi connectivity index (χ1n) is 6.46. The fourth-order valence-corrected chi connectivity index (χ4v) is 3.31. The molecule has 2 aromatic rings. The Bertz CT molecular complexity index is 663. The maximum atomic E-state index is 6.30. The van der Waals surface area contributed by atoms with Crippen molar-refractivity contribution in [3.8, 4) is 0 Å². The first kappa shape index (κ1) is 14.4. The number of hydrogen-bond acceptors (Lipinski definition) is 2. The van der Waals surface area contributed by atoms with Crippen molar-refractivity contribution in [3.05, 3.63) is 32.9 Å². The summed E-state index contributed by atoms with van der Waals surface area (Å²) in [4.78, 5) is 0. The van der Waals surface area contributed by atoms with E-state index in [9.17, 15) is 0 Å². The van der Waals surface area contributed by atoms with Gasteiger partial charge < -0.3 is 4.74 Å². The summed E-state index contributed by atoms with van der Waals surface area (Å²) in [5.41, 5.74) is 3.30. The summed E-state index contributed by atoms with van der Waals surface area (Å²) in [6.45, 7) is 0.782. The molecule has 0 aliphatic carbocycles. The molecule has 0 radical (unpaired) electrons. The number of aromatic nitrogens is 2. The highest BCUT2D eigenvalue weighted by Gasteiger charge is 2.21. The fourth-order valence-electron chi connectivity index (χ4n) is 2.47. The van der Waals surface area contributed by atoms with Crippen molar-refractivity contribution in [1.29, 1.82) is 0 Å². The summed E-state index contributed by atoms with van der Waals surface area (Å²) in [7, 11) is 0. The van der Waals surface area contributed by atoms with Crippen molar-refractivity contribution < 1.29 is 4.74 Å². The van der Waals surface area contributed by atoms with Gasteiger partial charge in [-0.15, -0.1) is 0 Å². The summed E-state index contributed by atoms with van der Waals surface area (Å²) >= 11 is 15.4. The van der Waals surface area contributed by atoms with E-state index in [1.54, 1.807) is 6.08 Å². The van der Waals surface area contributed by atoms with Gasteiger partial charge in [-0.05, 0) is 59.0 Å². The fraction of sp³-hybridized carbons (Fsp3) is 0.357. The van der Waals surface area contributed by atoms with Gasteiger partial charge in [0.1, 0.15) is 4.60 Å². The number of rotatable bonds is 2. The summed E-state index contributed by atoms with van der Waals surface area (Å²) in [5.74, 6) is 0. The van der Waals surface area contributed by atoms with Crippen LogP contribution in [0.3, 0.4) is 0 Å². The normalized spacial score (nSPS) is 20.1. The van der Waals surface area contributed by atoms with Gasteiger partial charge in [0.05, 0.1) is 5.52 Å². The van der Waals surface area contributed by atoms with Gasteiger partial charge in [-0.3, -0.25) is 0 Å². The van der Waals surface area contributed by atoms with E-state index < -0.39 is 0 Å². The van der Waals surface area contributed by atoms with Gasteiger partial charge in [0.15, 0.2) is 6.23 Å². The third-order valence-electron chi connectivity index (χ3n) is 3.45. The zero-order valence-corrected chi connectivity index (χ0v) is 13.7. The standard InChI is InChI=1S/C14H13BrCl2N2O/c15-14-10-7-9(4-5-16)11(17)8-12(10)19(18-14)13-3-1-2-6-20-13/h4-5,7-8,13H,1-3,6H2/b5-4+. The molecular formula is C14H13BrCl2N2O. The summed E-state index contributed by atoms with van der Waals surface area (Å²) in [5, 5.41) is 6.21. The van der Waals surface area contributed by atoms with Gasteiger partial charge in [0, 0.05) is 22.6 Å². The molecule has 3 nitrogen and oxygen atoms in total. The molecule has 0 bridgehead atoms. The SMILES string of the molecule is Cl/C=C/c1cc2c(Br)nn(C3CCCCO3)c2cc1Cl. The van der Waals surface area contributed by atoms with Crippen molar-refractivity contribution >= 4 is 56.1 Å². The second kappa shape index (κ2) is 6.06. The third kappa shape index (κ3) is 2.62. The minimum absolute atomic E-state index is 0.0111. The Morgan fingerprint density at radius 2 is 2.25 bits per heavy atom. The lowest BCUT2D eigenvalue weighted by Gasteiger charge is -2.23. The highest BCUT2D eigenvalue weighted by molar-refractivity contribution is 9.10. The lowest BCUT2D eigenvalue weighted by Crippen LogP contribution is -2.19. The van der Waals surface area contributed by atoms with Crippen LogP contribution in [0, 0.1) is 0 Å². The average molecular weight is 376 g/mol. The Hall–Kier alpha value is -0.550. The smallest absolute Gasteiger partial charge is 0.150 e. The molecule has 1 aliphatic heterocycles. The first-order chi connectivity index (χ1) is 9.70. The molecule has 1 aromatic heterocycles. The molecule has 106 valence electrons. The van der Waals surface area contributed by atoms with E-state index in [0.717, 1.165) is 46.9 Å². The van der Waals surface area contributed by atoms with Gasteiger partial charge in [-0.25, -0.2) is 4.68 Å². The summed E-state index contributed by atoms with van der Waals surface area (Å²) in [6, 6.07) is 3.89. The molecule has 6 heteroatoms. The number of nitrogens with zero attached hydrogens (tertiary/aromatic N) is 2. The van der Waals surface area contributed by atoms with Crippen molar-refractivity contribution in [2.24, 2.45) is 0 Å². The average Bonchev–Trinajstić information content (AvgIpc) is 2.77. The lowest BCUT2D eigenvalue weighted by molar-refractivity contribution is -0.0368. The Balaban J connectivity index is 2.12. The Morgan fingerprint density at radius 3 is 2.95 bits per heavy atom. The van der Waals surface area contributed by atoms with Crippen LogP contribution in [0.15, 0.2) is 22.3 Å². The first-order valence-corrected chi connectivity index (χ1v) is 8.07. The predicted molar refractivity (Wildman–Crippen MR) is 86.2 cm³/mol. The molecule has 1 aromatic carbocycles. The molecular weight excluding hydrogens is 363 g/mol. The predicted octanol–water partition coefficient (Wildman–Crippen LogP) is 5.36. The van der Waals surface area contributed by atoms with Crippen LogP contribution in [-0.4, -0.2) is 16.4 Å². The maximum absolute atomic E-state index is 6.30. The number of hydrogen-bond donors (Lipinski definition) is 0. The van der Waals surface area contributed by atoms with Crippen LogP contribution < -0.4 is 0 Å². The molecule has 1 saturated heterocycles. The van der Waals surface area contributed by atoms with Crippen LogP contribution >= 0.6 is 39.1 Å². The zero-order valence-electron chi connectivity index (χ0n) is 10.7. The van der Waals surface area contributed by atoms with Gasteiger partial charge in [0.25, 0.3) is 0 Å². The topological polar surface area (TPSA) is 27.1 Å². The molecule has 3 rings (SSSR count). The summed E-state index contributed by atoms with van der Waals surface area (Å²) in [6.07, 6.45) is 5.00. The summed E-state index contributed by atoms with van der Waals surface area (Å²) < 4.78 is 8.51. The van der Waals surface area contributed by atoms with E-state index in [2.05, 4.69) is 21.0 Å². The zero-order chi connectivity index (χ0) is 14.1. The Labute approximate surface area is 135 Å². The molecule has 1 fully saturated rings. The highest BCUT2D eigenvalue weighted by Crippen LogP contribution is 2.33. The van der Waals surface area contributed by atoms with Crippen LogP contribution in [0.2, 0.25) is 5.02 Å². The Morgan fingerprint density at radius 1 is 1.40 bits per heavy atom. The number of fused-ring (bicyclic) bond motifs is 1. The number of ether oxygens (including phenoxy) is 1. The van der Waals surface area contributed by atoms with E-state index in [4.69, 9.17) is 27.9 Å². The second-order valence-electron chi connectivity index (χ2n) is 4.74. The second-order valence-corrected chi connectivity index (χ2v) is 6.15. The van der Waals surface area contributed by atoms with E-state index in [0.29, 0.717) is 5.02 Å². The van der Waals surface area contributed by atoms with Gasteiger partial charge in [-0.2, -0.15) is 5.10 Å². The van der Waals surface area contributed by atoms with Crippen molar-refractivity contribution in [3.63, 3.8) is 0 Å². The molecule has 20 heavy (non-hydrogen) atoms. The van der Waals surface area contributed by atoms with E-state index >= 15 is 0 Å². The monoisotopic (exact) mass is 374 g/mol. The third-order valence-corrected chi connectivity index (χ3v) is 4.49. The Kier molecular flexibility index (Phi) is 4.36. The largest absolute Gasteiger partial charge is 0.356 e. The van der Waals surface area contributed by atoms with Gasteiger partial charge in [0.2, 0.25) is 0 Å². The minimum atomic E-state index is -0.0111. The van der Waals surface area contributed by atoms with Crippen molar-refractivity contribution in [2.45, 2.75) is 25.5 Å². The molecule has 1 unspecified atom stereocenters. The van der Waals surface area contributed by atoms with Crippen LogP contribution in [0.5, 0.6) is 0 Å². The van der Waals surface area contributed by atoms with Crippen LogP contribution in [-0.2, 0) is 4.74 Å². The van der Waals surface area contributed by atoms with Crippen molar-refractivity contribution in [2.75, 3.05) is 6.61 Å². The molecule has 2 heterocycles. The van der Waals surface area contributed by atoms with E-state index in [1.807, 2.05) is 16.8 Å². The molecule has 1 atom stereocenters. The van der Waals surface area contributed by atoms with Crippen LogP contribution in [0.25, 0.3) is 17.0 Å². The molecule has 0 spiro atoms. The van der Waals surface area contributed by atoms with Gasteiger partial charge >= 0.3 is 0 Å². The molecule has 0 amide bonds. The van der Waals surface area contributed by atoms with E-state index in [1.165, 1.54) is 5.54 Å². The maximum Gasteiger partial charge on any atom is 0.150 e. The van der Waals surface area contributed by atoms with Crippen LogP contribution in [0.4, 0.5) is 0 Å². The molecule has 1 aliphatic rings. The molecule has 0 saturated carbocycles. The lowest BCUT2D eigenvalue weighted by atomic mass is 10.1. The number of halogens is 3. The quantitative estimate of drug-likeness (QED) is 0.706. The van der Waals surface area contributed by atoms with Gasteiger partial charge in [-0.1, -0.05) is 23.2 Å². The minimum Gasteiger partial charge on any atom is -0.356 e. The van der Waals surface area contributed by atoms with Crippen LogP contribution in [0.1, 0.15) is 31.1 Å². The van der Waals surface area contributed by atoms with E-state index in [-0.39, 0.29) is 6.23 Å². The highest BCUT2D eigenvalue weighted by atomic mass is 79.9. The molecule has 0 N–H and O–H groups in total.